The van der Waals surface area contributed by atoms with E-state index in [9.17, 15) is 9.90 Å². The number of ether oxygens (including phenoxy) is 1. The lowest BCUT2D eigenvalue weighted by molar-refractivity contribution is 0.0901. The Balaban J connectivity index is 1.35. The second-order valence-corrected chi connectivity index (χ2v) is 7.21. The monoisotopic (exact) mass is 395 g/mol. The van der Waals surface area contributed by atoms with Gasteiger partial charge in [0, 0.05) is 32.7 Å². The van der Waals surface area contributed by atoms with Gasteiger partial charge in [0.1, 0.15) is 11.3 Å². The minimum atomic E-state index is -0.694. The van der Waals surface area contributed by atoms with Crippen LogP contribution >= 0.6 is 0 Å². The third-order valence-corrected chi connectivity index (χ3v) is 5.28. The van der Waals surface area contributed by atoms with Crippen molar-refractivity contribution >= 4 is 16.6 Å². The molecular weight excluding hydrogens is 370 g/mol. The molecule has 2 aromatic carbocycles. The number of para-hydroxylation sites is 2. The molecule has 0 radical (unpaired) electrons. The molecule has 4 rings (SSSR count). The normalized spacial score (nSPS) is 16.1. The van der Waals surface area contributed by atoms with Crippen LogP contribution in [0.3, 0.4) is 0 Å². The zero-order valence-corrected chi connectivity index (χ0v) is 16.4. The van der Waals surface area contributed by atoms with Gasteiger partial charge in [-0.05, 0) is 24.3 Å². The van der Waals surface area contributed by atoms with Crippen LogP contribution in [0.2, 0.25) is 0 Å². The van der Waals surface area contributed by atoms with Crippen molar-refractivity contribution in [3.05, 3.63) is 58.9 Å². The van der Waals surface area contributed by atoms with Gasteiger partial charge in [0.15, 0.2) is 0 Å². The molecule has 8 heteroatoms. The van der Waals surface area contributed by atoms with Gasteiger partial charge in [0.25, 0.3) is 5.56 Å². The van der Waals surface area contributed by atoms with E-state index in [1.165, 1.54) is 4.68 Å². The van der Waals surface area contributed by atoms with Crippen LogP contribution < -0.4 is 15.2 Å². The fourth-order valence-electron chi connectivity index (χ4n) is 3.76. The molecule has 1 atom stereocenters. The van der Waals surface area contributed by atoms with Crippen molar-refractivity contribution in [2.24, 2.45) is 0 Å². The molecule has 1 aliphatic rings. The molecule has 1 unspecified atom stereocenters. The molecule has 1 N–H and O–H groups in total. The lowest BCUT2D eigenvalue weighted by Gasteiger charge is -2.37. The molecule has 0 spiro atoms. The molecule has 1 aliphatic heterocycles. The molecule has 0 bridgehead atoms. The fraction of sp³-hybridized carbons (Fsp3) is 0.381. The Morgan fingerprint density at radius 3 is 2.55 bits per heavy atom. The highest BCUT2D eigenvalue weighted by Crippen LogP contribution is 2.28. The topological polar surface area (TPSA) is 83.7 Å². The van der Waals surface area contributed by atoms with Gasteiger partial charge in [-0.1, -0.05) is 29.5 Å². The van der Waals surface area contributed by atoms with Gasteiger partial charge in [-0.3, -0.25) is 9.69 Å². The summed E-state index contributed by atoms with van der Waals surface area (Å²) in [5.41, 5.74) is 1.43. The van der Waals surface area contributed by atoms with Gasteiger partial charge in [-0.2, -0.15) is 0 Å². The summed E-state index contributed by atoms with van der Waals surface area (Å²) >= 11 is 0. The number of piperazine rings is 1. The number of methoxy groups -OCH3 is 1. The van der Waals surface area contributed by atoms with Crippen LogP contribution in [0.15, 0.2) is 53.3 Å². The van der Waals surface area contributed by atoms with Crippen molar-refractivity contribution in [3.8, 4) is 5.75 Å². The molecule has 1 saturated heterocycles. The van der Waals surface area contributed by atoms with Crippen LogP contribution in [0.5, 0.6) is 5.75 Å². The average molecular weight is 395 g/mol. The van der Waals surface area contributed by atoms with Gasteiger partial charge in [0.2, 0.25) is 0 Å². The summed E-state index contributed by atoms with van der Waals surface area (Å²) in [6.07, 6.45) is -0.694. The predicted molar refractivity (Wildman–Crippen MR) is 111 cm³/mol. The maximum absolute atomic E-state index is 12.5. The minimum Gasteiger partial charge on any atom is -0.495 e. The fourth-order valence-corrected chi connectivity index (χ4v) is 3.76. The van der Waals surface area contributed by atoms with Crippen molar-refractivity contribution in [1.82, 2.24) is 19.9 Å². The average Bonchev–Trinajstić information content (AvgIpc) is 2.76. The molecule has 2 heterocycles. The van der Waals surface area contributed by atoms with Gasteiger partial charge < -0.3 is 14.7 Å². The number of hydrogen-bond acceptors (Lipinski definition) is 7. The number of benzene rings is 2. The number of nitrogens with zero attached hydrogens (tertiary/aromatic N) is 5. The highest BCUT2D eigenvalue weighted by molar-refractivity contribution is 5.76. The quantitative estimate of drug-likeness (QED) is 0.666. The number of β-amino-alcohol motifs (C(OH)–C–C–N with tert-alkyl or cyclic N) is 1. The first kappa shape index (κ1) is 19.4. The van der Waals surface area contributed by atoms with Crippen molar-refractivity contribution < 1.29 is 9.84 Å². The summed E-state index contributed by atoms with van der Waals surface area (Å²) in [7, 11) is 1.68. The first-order valence-electron chi connectivity index (χ1n) is 9.76. The smallest absolute Gasteiger partial charge is 0.277 e. The number of anilines is 1. The Hall–Kier alpha value is -2.97. The summed E-state index contributed by atoms with van der Waals surface area (Å²) in [5.74, 6) is 0.871. The summed E-state index contributed by atoms with van der Waals surface area (Å²) in [6.45, 7) is 3.97. The highest BCUT2D eigenvalue weighted by atomic mass is 16.5. The van der Waals surface area contributed by atoms with Crippen LogP contribution in [0.1, 0.15) is 0 Å². The second-order valence-electron chi connectivity index (χ2n) is 7.21. The molecule has 1 fully saturated rings. The molecule has 0 aliphatic carbocycles. The number of rotatable bonds is 6. The predicted octanol–water partition coefficient (Wildman–Crippen LogP) is 0.983. The van der Waals surface area contributed by atoms with E-state index in [0.717, 1.165) is 37.6 Å². The maximum atomic E-state index is 12.5. The third-order valence-electron chi connectivity index (χ3n) is 5.28. The Morgan fingerprint density at radius 2 is 1.76 bits per heavy atom. The molecule has 8 nitrogen and oxygen atoms in total. The van der Waals surface area contributed by atoms with Crippen LogP contribution in [0, 0.1) is 0 Å². The lowest BCUT2D eigenvalue weighted by atomic mass is 10.2. The van der Waals surface area contributed by atoms with E-state index in [0.29, 0.717) is 17.4 Å². The Kier molecular flexibility index (Phi) is 5.73. The number of hydrogen-bond donors (Lipinski definition) is 1. The summed E-state index contributed by atoms with van der Waals surface area (Å²) in [4.78, 5) is 17.0. The minimum absolute atomic E-state index is 0.128. The third kappa shape index (κ3) is 4.23. The molecule has 0 amide bonds. The van der Waals surface area contributed by atoms with Crippen LogP contribution in [0.4, 0.5) is 5.69 Å². The van der Waals surface area contributed by atoms with E-state index in [-0.39, 0.29) is 12.1 Å². The van der Waals surface area contributed by atoms with Crippen molar-refractivity contribution in [3.63, 3.8) is 0 Å². The van der Waals surface area contributed by atoms with E-state index in [2.05, 4.69) is 26.2 Å². The van der Waals surface area contributed by atoms with Crippen LogP contribution in [-0.2, 0) is 6.54 Å². The molecular formula is C21H25N5O3. The van der Waals surface area contributed by atoms with Crippen molar-refractivity contribution in [2.75, 3.05) is 44.7 Å². The van der Waals surface area contributed by atoms with E-state index in [4.69, 9.17) is 4.74 Å². The standard InChI is InChI=1S/C21H25N5O3/c1-29-20-9-5-4-8-19(20)25-12-10-24(11-13-25)14-16(27)15-26-21(28)17-6-2-3-7-18(17)22-23-26/h2-9,16,27H,10-15H2,1H3. The Labute approximate surface area is 168 Å². The van der Waals surface area contributed by atoms with E-state index < -0.39 is 6.10 Å². The van der Waals surface area contributed by atoms with Gasteiger partial charge in [0.05, 0.1) is 30.8 Å². The van der Waals surface area contributed by atoms with Crippen molar-refractivity contribution in [1.29, 1.82) is 0 Å². The van der Waals surface area contributed by atoms with Crippen LogP contribution in [0.25, 0.3) is 10.9 Å². The largest absolute Gasteiger partial charge is 0.495 e. The highest BCUT2D eigenvalue weighted by Gasteiger charge is 2.22. The molecule has 1 aromatic heterocycles. The molecule has 3 aromatic rings. The summed E-state index contributed by atoms with van der Waals surface area (Å²) in [6, 6.07) is 15.1. The maximum Gasteiger partial charge on any atom is 0.277 e. The van der Waals surface area contributed by atoms with E-state index >= 15 is 0 Å². The van der Waals surface area contributed by atoms with Crippen molar-refractivity contribution in [2.45, 2.75) is 12.6 Å². The zero-order valence-electron chi connectivity index (χ0n) is 16.4. The second kappa shape index (κ2) is 8.59. The van der Waals surface area contributed by atoms with Gasteiger partial charge in [-0.15, -0.1) is 5.10 Å². The summed E-state index contributed by atoms with van der Waals surface area (Å²) in [5, 5.41) is 19.1. The Morgan fingerprint density at radius 1 is 1.03 bits per heavy atom. The first-order chi connectivity index (χ1) is 14.2. The molecule has 0 saturated carbocycles. The van der Waals surface area contributed by atoms with Gasteiger partial charge in [-0.25, -0.2) is 4.68 Å². The lowest BCUT2D eigenvalue weighted by Crippen LogP contribution is -2.49. The van der Waals surface area contributed by atoms with Crippen LogP contribution in [-0.4, -0.2) is 70.9 Å². The first-order valence-corrected chi connectivity index (χ1v) is 9.76. The number of aliphatic hydroxyl groups is 1. The SMILES string of the molecule is COc1ccccc1N1CCN(CC(O)Cn2nnc3ccccc3c2=O)CC1. The van der Waals surface area contributed by atoms with E-state index in [1.807, 2.05) is 24.3 Å². The molecule has 29 heavy (non-hydrogen) atoms. The zero-order chi connectivity index (χ0) is 20.2. The number of fused-ring (bicyclic) bond motifs is 1. The number of aliphatic hydroxyl groups excluding tert-OH is 1. The number of aromatic nitrogens is 3. The summed E-state index contributed by atoms with van der Waals surface area (Å²) < 4.78 is 6.71. The Bertz CT molecular complexity index is 1030. The van der Waals surface area contributed by atoms with E-state index in [1.54, 1.807) is 25.3 Å². The molecule has 152 valence electrons. The van der Waals surface area contributed by atoms with Gasteiger partial charge >= 0.3 is 0 Å².